The number of carbonyl (C=O) groups is 1. The van der Waals surface area contributed by atoms with E-state index in [2.05, 4.69) is 9.97 Å². The van der Waals surface area contributed by atoms with Crippen LogP contribution in [0, 0.1) is 0 Å². The molecule has 5 nitrogen and oxygen atoms in total. The van der Waals surface area contributed by atoms with Crippen molar-refractivity contribution in [3.8, 4) is 10.8 Å². The number of hydrogen-bond acceptors (Lipinski definition) is 6. The maximum atomic E-state index is 10.7. The monoisotopic (exact) mass is 318 g/mol. The van der Waals surface area contributed by atoms with Gasteiger partial charge in [-0.15, -0.1) is 11.3 Å². The quantitative estimate of drug-likeness (QED) is 0.721. The summed E-state index contributed by atoms with van der Waals surface area (Å²) in [5, 5.41) is 11.5. The van der Waals surface area contributed by atoms with Crippen LogP contribution in [0.3, 0.4) is 0 Å². The third kappa shape index (κ3) is 3.32. The molecule has 0 aromatic carbocycles. The summed E-state index contributed by atoms with van der Waals surface area (Å²) in [6.45, 7) is 0. The minimum atomic E-state index is -0.976. The molecule has 3 heterocycles. The number of carboxylic acid groups (broad SMARTS) is 1. The van der Waals surface area contributed by atoms with Crippen molar-refractivity contribution in [1.29, 1.82) is 0 Å². The zero-order valence-electron chi connectivity index (χ0n) is 10.7. The number of pyridine rings is 1. The minimum absolute atomic E-state index is 0.181. The van der Waals surface area contributed by atoms with Gasteiger partial charge in [-0.25, -0.2) is 14.8 Å². The van der Waals surface area contributed by atoms with Crippen LogP contribution in [0.2, 0.25) is 0 Å². The van der Waals surface area contributed by atoms with Gasteiger partial charge in [0.2, 0.25) is 5.89 Å². The fourth-order valence-electron chi connectivity index (χ4n) is 1.63. The average molecular weight is 318 g/mol. The summed E-state index contributed by atoms with van der Waals surface area (Å²) in [7, 11) is 0. The van der Waals surface area contributed by atoms with Crippen molar-refractivity contribution in [3.63, 3.8) is 0 Å². The number of thioether (sulfide) groups is 1. The van der Waals surface area contributed by atoms with Crippen molar-refractivity contribution >= 4 is 29.1 Å². The van der Waals surface area contributed by atoms with E-state index in [0.29, 0.717) is 11.6 Å². The van der Waals surface area contributed by atoms with Crippen LogP contribution in [0.25, 0.3) is 10.8 Å². The summed E-state index contributed by atoms with van der Waals surface area (Å²) in [5.74, 6) is 0.264. The van der Waals surface area contributed by atoms with Gasteiger partial charge in [0.1, 0.15) is 6.26 Å². The van der Waals surface area contributed by atoms with Crippen molar-refractivity contribution < 1.29 is 14.3 Å². The smallest absolute Gasteiger partial charge is 0.337 e. The summed E-state index contributed by atoms with van der Waals surface area (Å²) in [6, 6.07) is 7.14. The first kappa shape index (κ1) is 13.8. The Morgan fingerprint density at radius 1 is 1.38 bits per heavy atom. The zero-order valence-corrected chi connectivity index (χ0v) is 12.4. The first-order valence-corrected chi connectivity index (χ1v) is 7.89. The summed E-state index contributed by atoms with van der Waals surface area (Å²) in [4.78, 5) is 20.2. The van der Waals surface area contributed by atoms with E-state index in [4.69, 9.17) is 9.52 Å². The van der Waals surface area contributed by atoms with Crippen LogP contribution < -0.4 is 0 Å². The van der Waals surface area contributed by atoms with E-state index in [0.717, 1.165) is 15.6 Å². The van der Waals surface area contributed by atoms with Crippen molar-refractivity contribution in [2.75, 3.05) is 0 Å². The molecule has 0 aliphatic rings. The Morgan fingerprint density at radius 2 is 2.29 bits per heavy atom. The number of nitrogens with zero attached hydrogens (tertiary/aromatic N) is 2. The second-order valence-electron chi connectivity index (χ2n) is 4.10. The number of thiophene rings is 1. The van der Waals surface area contributed by atoms with E-state index in [-0.39, 0.29) is 5.56 Å². The largest absolute Gasteiger partial charge is 0.478 e. The maximum absolute atomic E-state index is 10.7. The van der Waals surface area contributed by atoms with E-state index < -0.39 is 5.97 Å². The van der Waals surface area contributed by atoms with Gasteiger partial charge in [0.05, 0.1) is 21.2 Å². The molecule has 3 aromatic heterocycles. The lowest BCUT2D eigenvalue weighted by molar-refractivity contribution is 0.0696. The molecule has 0 aliphatic carbocycles. The molecule has 0 aliphatic heterocycles. The first-order valence-electron chi connectivity index (χ1n) is 6.03. The van der Waals surface area contributed by atoms with Gasteiger partial charge >= 0.3 is 5.97 Å². The number of rotatable bonds is 5. The molecule has 0 radical (unpaired) electrons. The molecular weight excluding hydrogens is 308 g/mol. The number of oxazole rings is 1. The fourth-order valence-corrected chi connectivity index (χ4v) is 3.00. The van der Waals surface area contributed by atoms with Gasteiger partial charge in [0.15, 0.2) is 0 Å². The second kappa shape index (κ2) is 6.11. The predicted molar refractivity (Wildman–Crippen MR) is 80.6 cm³/mol. The van der Waals surface area contributed by atoms with Crippen LogP contribution in [0.5, 0.6) is 0 Å². The Labute approximate surface area is 128 Å². The fraction of sp³-hybridized carbons (Fsp3) is 0.0714. The molecule has 0 spiro atoms. The topological polar surface area (TPSA) is 76.2 Å². The number of aromatic carboxylic acids is 1. The van der Waals surface area contributed by atoms with Crippen LogP contribution in [0.4, 0.5) is 0 Å². The van der Waals surface area contributed by atoms with Crippen LogP contribution in [0.1, 0.15) is 16.1 Å². The van der Waals surface area contributed by atoms with Crippen LogP contribution in [-0.2, 0) is 5.75 Å². The Morgan fingerprint density at radius 3 is 2.95 bits per heavy atom. The summed E-state index contributed by atoms with van der Waals surface area (Å²) in [5.41, 5.74) is 1.01. The van der Waals surface area contributed by atoms with Gasteiger partial charge in [-0.1, -0.05) is 17.8 Å². The molecule has 7 heteroatoms. The molecule has 0 saturated heterocycles. The third-order valence-corrected chi connectivity index (χ3v) is 4.47. The summed E-state index contributed by atoms with van der Waals surface area (Å²) >= 11 is 3.06. The van der Waals surface area contributed by atoms with Crippen molar-refractivity contribution in [1.82, 2.24) is 9.97 Å². The SMILES string of the molecule is O=C(O)c1ccc(SCc2coc(-c3cccs3)n2)nc1. The summed E-state index contributed by atoms with van der Waals surface area (Å²) in [6.07, 6.45) is 2.98. The van der Waals surface area contributed by atoms with Gasteiger partial charge in [-0.05, 0) is 23.6 Å². The molecule has 1 N–H and O–H groups in total. The average Bonchev–Trinajstić information content (AvgIpc) is 3.16. The summed E-state index contributed by atoms with van der Waals surface area (Å²) < 4.78 is 5.44. The van der Waals surface area contributed by atoms with E-state index in [1.807, 2.05) is 17.5 Å². The normalized spacial score (nSPS) is 10.7. The van der Waals surface area contributed by atoms with E-state index in [9.17, 15) is 4.79 Å². The van der Waals surface area contributed by atoms with E-state index >= 15 is 0 Å². The minimum Gasteiger partial charge on any atom is -0.478 e. The maximum Gasteiger partial charge on any atom is 0.337 e. The van der Waals surface area contributed by atoms with Gasteiger partial charge < -0.3 is 9.52 Å². The molecule has 0 fully saturated rings. The van der Waals surface area contributed by atoms with Crippen LogP contribution in [-0.4, -0.2) is 21.0 Å². The standard InChI is InChI=1S/C14H10N2O3S2/c17-14(18)9-3-4-12(15-6-9)21-8-10-7-19-13(16-10)11-2-1-5-20-11/h1-7H,8H2,(H,17,18). The highest BCUT2D eigenvalue weighted by atomic mass is 32.2. The first-order chi connectivity index (χ1) is 10.2. The highest BCUT2D eigenvalue weighted by molar-refractivity contribution is 7.98. The third-order valence-electron chi connectivity index (χ3n) is 2.63. The molecular formula is C14H10N2O3S2. The number of hydrogen-bond donors (Lipinski definition) is 1. The molecule has 0 amide bonds. The van der Waals surface area contributed by atoms with Crippen LogP contribution >= 0.6 is 23.1 Å². The highest BCUT2D eigenvalue weighted by Crippen LogP contribution is 2.26. The lowest BCUT2D eigenvalue weighted by Crippen LogP contribution is -1.96. The van der Waals surface area contributed by atoms with Gasteiger partial charge in [-0.3, -0.25) is 0 Å². The van der Waals surface area contributed by atoms with Crippen molar-refractivity contribution in [2.45, 2.75) is 10.8 Å². The molecule has 0 unspecified atom stereocenters. The Kier molecular flexibility index (Phi) is 4.03. The number of aromatic nitrogens is 2. The molecule has 3 rings (SSSR count). The molecule has 3 aromatic rings. The van der Waals surface area contributed by atoms with E-state index in [1.165, 1.54) is 24.0 Å². The van der Waals surface area contributed by atoms with Gasteiger partial charge in [-0.2, -0.15) is 0 Å². The van der Waals surface area contributed by atoms with Gasteiger partial charge in [0, 0.05) is 11.9 Å². The zero-order chi connectivity index (χ0) is 14.7. The Bertz CT molecular complexity index is 736. The number of carboxylic acids is 1. The molecule has 0 bridgehead atoms. The van der Waals surface area contributed by atoms with E-state index in [1.54, 1.807) is 23.7 Å². The Balaban J connectivity index is 1.64. The van der Waals surface area contributed by atoms with Crippen LogP contribution in [0.15, 0.2) is 51.5 Å². The Hall–Kier alpha value is -2.12. The predicted octanol–water partition coefficient (Wildman–Crippen LogP) is 3.79. The molecule has 0 saturated carbocycles. The molecule has 106 valence electrons. The van der Waals surface area contributed by atoms with Crippen molar-refractivity contribution in [2.24, 2.45) is 0 Å². The molecule has 0 atom stereocenters. The molecule has 21 heavy (non-hydrogen) atoms. The lowest BCUT2D eigenvalue weighted by Gasteiger charge is -1.98. The van der Waals surface area contributed by atoms with Crippen molar-refractivity contribution in [3.05, 3.63) is 53.4 Å². The highest BCUT2D eigenvalue weighted by Gasteiger charge is 2.09. The lowest BCUT2D eigenvalue weighted by atomic mass is 10.3. The second-order valence-corrected chi connectivity index (χ2v) is 6.04. The van der Waals surface area contributed by atoms with Gasteiger partial charge in [0.25, 0.3) is 0 Å².